The van der Waals surface area contributed by atoms with E-state index >= 15 is 0 Å². The molecule has 0 spiro atoms. The van der Waals surface area contributed by atoms with Crippen molar-refractivity contribution < 1.29 is 14.6 Å². The van der Waals surface area contributed by atoms with E-state index in [1.54, 1.807) is 6.92 Å². The van der Waals surface area contributed by atoms with E-state index < -0.39 is 12.0 Å². The van der Waals surface area contributed by atoms with Crippen molar-refractivity contribution in [3.05, 3.63) is 0 Å². The van der Waals surface area contributed by atoms with Gasteiger partial charge in [-0.1, -0.05) is 6.92 Å². The molecule has 72 valence electrons. The number of rotatable bonds is 5. The van der Waals surface area contributed by atoms with E-state index in [1.807, 2.05) is 6.92 Å². The number of hydrogen-bond donors (Lipinski definition) is 2. The topological polar surface area (TPSA) is 72.5 Å². The third-order valence-electron chi connectivity index (χ3n) is 1.76. The Morgan fingerprint density at radius 2 is 2.25 bits per heavy atom. The summed E-state index contributed by atoms with van der Waals surface area (Å²) in [7, 11) is 0. The van der Waals surface area contributed by atoms with Crippen LogP contribution in [-0.2, 0) is 9.53 Å². The van der Waals surface area contributed by atoms with E-state index in [0.717, 1.165) is 0 Å². The van der Waals surface area contributed by atoms with Crippen molar-refractivity contribution in [2.24, 2.45) is 11.7 Å². The molecule has 0 aromatic carbocycles. The van der Waals surface area contributed by atoms with Crippen LogP contribution < -0.4 is 5.73 Å². The maximum atomic E-state index is 11.0. The number of ether oxygens (including phenoxy) is 1. The van der Waals surface area contributed by atoms with Crippen molar-refractivity contribution in [3.8, 4) is 0 Å². The molecule has 0 saturated heterocycles. The Balaban J connectivity index is 3.82. The molecule has 0 saturated carbocycles. The fourth-order valence-corrected chi connectivity index (χ4v) is 0.854. The lowest BCUT2D eigenvalue weighted by Gasteiger charge is -2.16. The van der Waals surface area contributed by atoms with Gasteiger partial charge in [-0.15, -0.1) is 0 Å². The second-order valence-corrected chi connectivity index (χ2v) is 2.77. The third-order valence-corrected chi connectivity index (χ3v) is 1.76. The highest BCUT2D eigenvalue weighted by Crippen LogP contribution is 2.06. The summed E-state index contributed by atoms with van der Waals surface area (Å²) in [5.74, 6) is -0.424. The molecule has 0 rings (SSSR count). The molecule has 0 heterocycles. The first-order valence-electron chi connectivity index (χ1n) is 4.16. The van der Waals surface area contributed by atoms with Gasteiger partial charge in [0.1, 0.15) is 6.04 Å². The number of carbonyl (C=O) groups excluding carboxylic acids is 1. The molecule has 3 N–H and O–H groups in total. The number of esters is 1. The lowest BCUT2D eigenvalue weighted by atomic mass is 10.00. The molecule has 0 aromatic rings. The quantitative estimate of drug-likeness (QED) is 0.572. The first kappa shape index (κ1) is 11.4. The Labute approximate surface area is 72.7 Å². The average molecular weight is 175 g/mol. The Kier molecular flexibility index (Phi) is 5.66. The van der Waals surface area contributed by atoms with Gasteiger partial charge in [0.2, 0.25) is 0 Å². The minimum Gasteiger partial charge on any atom is -0.465 e. The molecule has 0 fully saturated rings. The predicted octanol–water partition coefficient (Wildman–Crippen LogP) is -0.105. The van der Waals surface area contributed by atoms with Crippen LogP contribution in [0.5, 0.6) is 0 Å². The molecule has 0 unspecified atom stereocenters. The van der Waals surface area contributed by atoms with Crippen LogP contribution in [0, 0.1) is 5.92 Å². The summed E-state index contributed by atoms with van der Waals surface area (Å²) in [4.78, 5) is 11.0. The van der Waals surface area contributed by atoms with Gasteiger partial charge < -0.3 is 15.6 Å². The van der Waals surface area contributed by atoms with Gasteiger partial charge in [0, 0.05) is 6.61 Å². The number of aliphatic hydroxyl groups excluding tert-OH is 1. The fraction of sp³-hybridized carbons (Fsp3) is 0.875. The molecule has 2 atom stereocenters. The maximum Gasteiger partial charge on any atom is 0.323 e. The van der Waals surface area contributed by atoms with Gasteiger partial charge in [-0.2, -0.15) is 0 Å². The summed E-state index contributed by atoms with van der Waals surface area (Å²) in [6.45, 7) is 3.95. The molecule has 4 nitrogen and oxygen atoms in total. The molecule has 0 bridgehead atoms. The highest BCUT2D eigenvalue weighted by Gasteiger charge is 2.20. The van der Waals surface area contributed by atoms with E-state index in [2.05, 4.69) is 0 Å². The van der Waals surface area contributed by atoms with Gasteiger partial charge >= 0.3 is 5.97 Å². The smallest absolute Gasteiger partial charge is 0.323 e. The van der Waals surface area contributed by atoms with Crippen LogP contribution in [0.15, 0.2) is 0 Å². The van der Waals surface area contributed by atoms with Crippen LogP contribution in [0.4, 0.5) is 0 Å². The van der Waals surface area contributed by atoms with Crippen molar-refractivity contribution in [1.29, 1.82) is 0 Å². The van der Waals surface area contributed by atoms with Gasteiger partial charge in [0.25, 0.3) is 0 Å². The third kappa shape index (κ3) is 3.69. The summed E-state index contributed by atoms with van der Waals surface area (Å²) in [5.41, 5.74) is 5.55. The van der Waals surface area contributed by atoms with E-state index in [-0.39, 0.29) is 12.5 Å². The second kappa shape index (κ2) is 5.97. The van der Waals surface area contributed by atoms with Crippen LogP contribution >= 0.6 is 0 Å². The molecule has 4 heteroatoms. The van der Waals surface area contributed by atoms with Crippen molar-refractivity contribution in [2.45, 2.75) is 26.3 Å². The highest BCUT2D eigenvalue weighted by atomic mass is 16.5. The Bertz CT molecular complexity index is 138. The molecule has 0 amide bonds. The summed E-state index contributed by atoms with van der Waals surface area (Å²) in [5, 5.41) is 8.59. The summed E-state index contributed by atoms with van der Waals surface area (Å²) in [6, 6.07) is -0.614. The standard InChI is InChI=1S/C8H17NO3/c1-3-12-8(11)7(9)6(2)4-5-10/h6-7,10H,3-5,9H2,1-2H3/t6-,7-/m1/s1. The van der Waals surface area contributed by atoms with Crippen LogP contribution in [0.2, 0.25) is 0 Å². The van der Waals surface area contributed by atoms with Crippen LogP contribution in [0.3, 0.4) is 0 Å². The fourth-order valence-electron chi connectivity index (χ4n) is 0.854. The summed E-state index contributed by atoms with van der Waals surface area (Å²) < 4.78 is 4.73. The predicted molar refractivity (Wildman–Crippen MR) is 45.5 cm³/mol. The zero-order chi connectivity index (χ0) is 9.56. The van der Waals surface area contributed by atoms with Gasteiger partial charge in [0.15, 0.2) is 0 Å². The van der Waals surface area contributed by atoms with Gasteiger partial charge in [-0.25, -0.2) is 0 Å². The minimum absolute atomic E-state index is 0.0333. The number of nitrogens with two attached hydrogens (primary N) is 1. The highest BCUT2D eigenvalue weighted by molar-refractivity contribution is 5.75. The largest absolute Gasteiger partial charge is 0.465 e. The number of hydrogen-bond acceptors (Lipinski definition) is 4. The van der Waals surface area contributed by atoms with Crippen molar-refractivity contribution in [2.75, 3.05) is 13.2 Å². The lowest BCUT2D eigenvalue weighted by molar-refractivity contribution is -0.146. The molecule has 0 aliphatic rings. The second-order valence-electron chi connectivity index (χ2n) is 2.77. The Hall–Kier alpha value is -0.610. The Morgan fingerprint density at radius 3 is 2.67 bits per heavy atom. The van der Waals surface area contributed by atoms with Gasteiger partial charge in [-0.3, -0.25) is 4.79 Å². The van der Waals surface area contributed by atoms with E-state index in [9.17, 15) is 4.79 Å². The van der Waals surface area contributed by atoms with Crippen molar-refractivity contribution in [3.63, 3.8) is 0 Å². The number of carbonyl (C=O) groups is 1. The summed E-state index contributed by atoms with van der Waals surface area (Å²) >= 11 is 0. The molecule has 0 radical (unpaired) electrons. The monoisotopic (exact) mass is 175 g/mol. The first-order valence-corrected chi connectivity index (χ1v) is 4.16. The minimum atomic E-state index is -0.614. The molecule has 0 aromatic heterocycles. The number of aliphatic hydroxyl groups is 1. The zero-order valence-electron chi connectivity index (χ0n) is 7.62. The molecular formula is C8H17NO3. The first-order chi connectivity index (χ1) is 5.63. The van der Waals surface area contributed by atoms with E-state index in [0.29, 0.717) is 13.0 Å². The normalized spacial score (nSPS) is 15.3. The molecule has 0 aliphatic carbocycles. The van der Waals surface area contributed by atoms with Crippen LogP contribution in [0.1, 0.15) is 20.3 Å². The lowest BCUT2D eigenvalue weighted by Crippen LogP contribution is -2.38. The maximum absolute atomic E-state index is 11.0. The molecule has 12 heavy (non-hydrogen) atoms. The molecular weight excluding hydrogens is 158 g/mol. The average Bonchev–Trinajstić information content (AvgIpc) is 2.04. The van der Waals surface area contributed by atoms with Crippen LogP contribution in [-0.4, -0.2) is 30.3 Å². The van der Waals surface area contributed by atoms with Crippen molar-refractivity contribution >= 4 is 5.97 Å². The Morgan fingerprint density at radius 1 is 1.67 bits per heavy atom. The molecule has 0 aliphatic heterocycles. The SMILES string of the molecule is CCOC(=O)[C@H](N)[C@H](C)CCO. The zero-order valence-corrected chi connectivity index (χ0v) is 7.62. The van der Waals surface area contributed by atoms with Crippen LogP contribution in [0.25, 0.3) is 0 Å². The van der Waals surface area contributed by atoms with E-state index in [4.69, 9.17) is 15.6 Å². The van der Waals surface area contributed by atoms with Gasteiger partial charge in [-0.05, 0) is 19.3 Å². The summed E-state index contributed by atoms with van der Waals surface area (Å²) in [6.07, 6.45) is 0.528. The van der Waals surface area contributed by atoms with E-state index in [1.165, 1.54) is 0 Å². The van der Waals surface area contributed by atoms with Crippen molar-refractivity contribution in [1.82, 2.24) is 0 Å². The van der Waals surface area contributed by atoms with Gasteiger partial charge in [0.05, 0.1) is 6.61 Å².